The number of hydrogen-bond donors (Lipinski definition) is 1. The molecule has 15 heavy (non-hydrogen) atoms. The predicted molar refractivity (Wildman–Crippen MR) is 61.7 cm³/mol. The molecule has 0 saturated carbocycles. The Morgan fingerprint density at radius 3 is 3.13 bits per heavy atom. The van der Waals surface area contributed by atoms with Crippen LogP contribution in [0.15, 0.2) is 17.5 Å². The predicted octanol–water partition coefficient (Wildman–Crippen LogP) is 1.76. The maximum Gasteiger partial charge on any atom is 0.239 e. The molecule has 2 N–H and O–H groups in total. The molecule has 0 radical (unpaired) electrons. The molecule has 1 fully saturated rings. The van der Waals surface area contributed by atoms with Crippen molar-refractivity contribution in [3.8, 4) is 0 Å². The Balaban J connectivity index is 2.15. The van der Waals surface area contributed by atoms with Gasteiger partial charge in [-0.15, -0.1) is 11.3 Å². The van der Waals surface area contributed by atoms with Crippen LogP contribution in [0, 0.1) is 0 Å². The molecular weight excluding hydrogens is 208 g/mol. The molecule has 1 saturated heterocycles. The summed E-state index contributed by atoms with van der Waals surface area (Å²) >= 11 is 1.72. The summed E-state index contributed by atoms with van der Waals surface area (Å²) in [6.07, 6.45) is 2.15. The first-order valence-corrected chi connectivity index (χ1v) is 6.17. The summed E-state index contributed by atoms with van der Waals surface area (Å²) in [7, 11) is 0. The third kappa shape index (κ3) is 2.06. The average Bonchev–Trinajstić information content (AvgIpc) is 2.86. The Morgan fingerprint density at radius 2 is 2.53 bits per heavy atom. The first-order valence-electron chi connectivity index (χ1n) is 5.29. The van der Waals surface area contributed by atoms with Crippen LogP contribution in [0.5, 0.6) is 0 Å². The third-order valence-electron chi connectivity index (χ3n) is 2.80. The van der Waals surface area contributed by atoms with Crippen LogP contribution in [0.1, 0.15) is 30.7 Å². The van der Waals surface area contributed by atoms with Crippen LogP contribution >= 0.6 is 11.3 Å². The molecule has 0 bridgehead atoms. The number of amides is 1. The van der Waals surface area contributed by atoms with E-state index in [4.69, 9.17) is 5.73 Å². The largest absolute Gasteiger partial charge is 0.334 e. The van der Waals surface area contributed by atoms with Crippen LogP contribution in [0.3, 0.4) is 0 Å². The van der Waals surface area contributed by atoms with E-state index in [1.54, 1.807) is 18.3 Å². The summed E-state index contributed by atoms with van der Waals surface area (Å²) in [4.78, 5) is 15.1. The summed E-state index contributed by atoms with van der Waals surface area (Å²) in [6.45, 7) is 2.61. The van der Waals surface area contributed by atoms with Gasteiger partial charge in [0.2, 0.25) is 5.91 Å². The average molecular weight is 224 g/mol. The minimum absolute atomic E-state index is 0.0749. The number of hydrogen-bond acceptors (Lipinski definition) is 3. The highest BCUT2D eigenvalue weighted by atomic mass is 32.1. The van der Waals surface area contributed by atoms with Crippen molar-refractivity contribution in [1.29, 1.82) is 0 Å². The van der Waals surface area contributed by atoms with Gasteiger partial charge >= 0.3 is 0 Å². The van der Waals surface area contributed by atoms with Gasteiger partial charge in [0.1, 0.15) is 0 Å². The Labute approximate surface area is 93.9 Å². The normalized spacial score (nSPS) is 23.1. The highest BCUT2D eigenvalue weighted by molar-refractivity contribution is 7.10. The second-order valence-corrected chi connectivity index (χ2v) is 4.97. The van der Waals surface area contributed by atoms with E-state index in [1.807, 2.05) is 11.0 Å². The van der Waals surface area contributed by atoms with E-state index >= 15 is 0 Å². The molecule has 2 atom stereocenters. The molecule has 1 unspecified atom stereocenters. The molecular formula is C11H16N2OS. The number of likely N-dealkylation sites (tertiary alicyclic amines) is 1. The maximum absolute atomic E-state index is 11.9. The molecule has 2 rings (SSSR count). The van der Waals surface area contributed by atoms with Crippen molar-refractivity contribution < 1.29 is 4.79 Å². The lowest BCUT2D eigenvalue weighted by atomic mass is 10.2. The zero-order valence-electron chi connectivity index (χ0n) is 8.85. The van der Waals surface area contributed by atoms with Gasteiger partial charge in [-0.2, -0.15) is 0 Å². The van der Waals surface area contributed by atoms with Gasteiger partial charge in [-0.05, 0) is 31.2 Å². The topological polar surface area (TPSA) is 46.3 Å². The fraction of sp³-hybridized carbons (Fsp3) is 0.545. The van der Waals surface area contributed by atoms with Gasteiger partial charge in [0.05, 0.1) is 12.1 Å². The van der Waals surface area contributed by atoms with Crippen LogP contribution in [0.4, 0.5) is 0 Å². The molecule has 2 heterocycles. The van der Waals surface area contributed by atoms with E-state index in [2.05, 4.69) is 11.4 Å². The summed E-state index contributed by atoms with van der Waals surface area (Å²) in [6, 6.07) is 4.02. The van der Waals surface area contributed by atoms with Crippen LogP contribution in [0.2, 0.25) is 0 Å². The first-order chi connectivity index (χ1) is 7.20. The van der Waals surface area contributed by atoms with Crippen LogP contribution in [-0.4, -0.2) is 23.4 Å². The van der Waals surface area contributed by atoms with Crippen molar-refractivity contribution in [2.24, 2.45) is 5.73 Å². The first kappa shape index (κ1) is 10.6. The van der Waals surface area contributed by atoms with E-state index in [0.29, 0.717) is 0 Å². The summed E-state index contributed by atoms with van der Waals surface area (Å²) in [5.41, 5.74) is 5.64. The molecule has 3 nitrogen and oxygen atoms in total. The number of carbonyl (C=O) groups is 1. The monoisotopic (exact) mass is 224 g/mol. The lowest BCUT2D eigenvalue weighted by Crippen LogP contribution is -2.41. The van der Waals surface area contributed by atoms with Crippen LogP contribution < -0.4 is 5.73 Å². The fourth-order valence-electron chi connectivity index (χ4n) is 2.07. The van der Waals surface area contributed by atoms with Gasteiger partial charge in [-0.25, -0.2) is 0 Å². The molecule has 1 aromatic rings. The number of nitrogens with two attached hydrogens (primary N) is 1. The Bertz CT molecular complexity index is 334. The molecule has 1 aliphatic rings. The van der Waals surface area contributed by atoms with E-state index in [1.165, 1.54) is 4.88 Å². The molecule has 0 aromatic carbocycles. The van der Waals surface area contributed by atoms with E-state index in [9.17, 15) is 4.79 Å². The summed E-state index contributed by atoms with van der Waals surface area (Å²) in [5.74, 6) is 0.0749. The lowest BCUT2D eigenvalue weighted by molar-refractivity contribution is -0.133. The lowest BCUT2D eigenvalue weighted by Gasteiger charge is -2.25. The van der Waals surface area contributed by atoms with Crippen molar-refractivity contribution >= 4 is 17.2 Å². The molecule has 4 heteroatoms. The molecule has 1 aromatic heterocycles. The van der Waals surface area contributed by atoms with Crippen molar-refractivity contribution in [3.63, 3.8) is 0 Å². The van der Waals surface area contributed by atoms with Gasteiger partial charge in [-0.3, -0.25) is 4.79 Å². The molecule has 1 amide bonds. The van der Waals surface area contributed by atoms with Gasteiger partial charge in [0.25, 0.3) is 0 Å². The Morgan fingerprint density at radius 1 is 1.73 bits per heavy atom. The maximum atomic E-state index is 11.9. The van der Waals surface area contributed by atoms with Gasteiger partial charge in [0, 0.05) is 11.4 Å². The van der Waals surface area contributed by atoms with Crippen LogP contribution in [-0.2, 0) is 4.79 Å². The van der Waals surface area contributed by atoms with Gasteiger partial charge in [0.15, 0.2) is 0 Å². The minimum Gasteiger partial charge on any atom is -0.334 e. The van der Waals surface area contributed by atoms with Crippen molar-refractivity contribution in [2.75, 3.05) is 6.54 Å². The second-order valence-electron chi connectivity index (χ2n) is 3.99. The zero-order valence-corrected chi connectivity index (χ0v) is 9.67. The number of rotatable bonds is 2. The summed E-state index contributed by atoms with van der Waals surface area (Å²) < 4.78 is 0. The van der Waals surface area contributed by atoms with Crippen molar-refractivity contribution in [1.82, 2.24) is 4.90 Å². The van der Waals surface area contributed by atoms with Gasteiger partial charge < -0.3 is 10.6 Å². The van der Waals surface area contributed by atoms with Crippen molar-refractivity contribution in [3.05, 3.63) is 22.4 Å². The quantitative estimate of drug-likeness (QED) is 0.832. The Kier molecular flexibility index (Phi) is 3.07. The number of carbonyl (C=O) groups excluding carboxylic acids is 1. The number of nitrogens with zero attached hydrogens (tertiary/aromatic N) is 1. The minimum atomic E-state index is -0.384. The molecule has 1 aliphatic heterocycles. The van der Waals surface area contributed by atoms with Crippen molar-refractivity contribution in [2.45, 2.75) is 31.8 Å². The molecule has 0 spiro atoms. The van der Waals surface area contributed by atoms with E-state index < -0.39 is 0 Å². The van der Waals surface area contributed by atoms with E-state index in [-0.39, 0.29) is 18.0 Å². The third-order valence-corrected chi connectivity index (χ3v) is 3.77. The SMILES string of the molecule is C[C@@H](N)C(=O)N1CCCC1c1cccs1. The smallest absolute Gasteiger partial charge is 0.239 e. The highest BCUT2D eigenvalue weighted by Crippen LogP contribution is 2.34. The number of thiophene rings is 1. The molecule has 0 aliphatic carbocycles. The highest BCUT2D eigenvalue weighted by Gasteiger charge is 2.31. The van der Waals surface area contributed by atoms with Crippen LogP contribution in [0.25, 0.3) is 0 Å². The fourth-order valence-corrected chi connectivity index (χ4v) is 2.94. The van der Waals surface area contributed by atoms with E-state index in [0.717, 1.165) is 19.4 Å². The summed E-state index contributed by atoms with van der Waals surface area (Å²) in [5, 5.41) is 2.06. The standard InChI is InChI=1S/C11H16N2OS/c1-8(12)11(14)13-6-2-4-9(13)10-5-3-7-15-10/h3,5,7-9H,2,4,6,12H2,1H3/t8-,9?/m1/s1. The zero-order chi connectivity index (χ0) is 10.8. The van der Waals surface area contributed by atoms with Gasteiger partial charge in [-0.1, -0.05) is 6.07 Å². The Hall–Kier alpha value is -0.870. The second kappa shape index (κ2) is 4.33. The molecule has 82 valence electrons.